The molecule has 0 heterocycles. The van der Waals surface area contributed by atoms with Crippen LogP contribution in [0.5, 0.6) is 5.75 Å². The van der Waals surface area contributed by atoms with Gasteiger partial charge in [-0.05, 0) is 95.5 Å². The van der Waals surface area contributed by atoms with Crippen LogP contribution in [0.4, 0.5) is 0 Å². The summed E-state index contributed by atoms with van der Waals surface area (Å²) in [5, 5.41) is 79.9. The Morgan fingerprint density at radius 3 is 1.22 bits per heavy atom. The van der Waals surface area contributed by atoms with Gasteiger partial charge in [0, 0.05) is 19.5 Å². The second kappa shape index (κ2) is 41.1. The Balaban J connectivity index is 3.73. The van der Waals surface area contributed by atoms with E-state index in [0.29, 0.717) is 31.4 Å². The molecule has 0 bridgehead atoms. The number of guanidine groups is 2. The number of aliphatic hydroxyl groups excluding tert-OH is 3. The number of aliphatic imine (C=N–C) groups is 2. The minimum absolute atomic E-state index is 0.0109. The fourth-order valence-electron chi connectivity index (χ4n) is 8.03. The molecule has 11 atom stereocenters. The summed E-state index contributed by atoms with van der Waals surface area (Å²) in [5.74, 6) is -15.5. The minimum atomic E-state index is -2.03. The normalized spacial score (nSPS) is 14.7. The molecule has 0 radical (unpaired) electrons. The maximum Gasteiger partial charge on any atom is 0.328 e. The van der Waals surface area contributed by atoms with Gasteiger partial charge in [0.25, 0.3) is 0 Å². The predicted molar refractivity (Wildman–Crippen MR) is 312 cm³/mol. The fourth-order valence-corrected chi connectivity index (χ4v) is 8.03. The number of carboxylic acids is 2. The molecule has 0 aliphatic rings. The van der Waals surface area contributed by atoms with Crippen LogP contribution in [0.3, 0.4) is 0 Å². The highest BCUT2D eigenvalue weighted by atomic mass is 16.4. The van der Waals surface area contributed by atoms with E-state index in [0.717, 1.165) is 6.92 Å². The number of phenols is 1. The first kappa shape index (κ1) is 77.0. The topological polar surface area (TPSA) is 667 Å². The first-order valence-electron chi connectivity index (χ1n) is 27.9. The monoisotopic (exact) mass is 1250 g/mol. The SMILES string of the molecule is C[C@@H](O)[C@H](NC(=O)[C@H](CC(=O)O)NC(=O)[C@H](CO)NC(=O)[C@H](Cc1ccc(O)cc1)NC(=O)[C@H](CCCCN)NC(=O)[C@H](CCCN=C(N)N)NC(=O)[C@H](CCCN=C(N)N)NC(=O)[C@H](CO)NC(=O)[C@H](CC(N)=O)NC(=O)[C@@H](N)CCCCN)C(=O)O. The van der Waals surface area contributed by atoms with Crippen molar-refractivity contribution < 1.29 is 88.2 Å². The van der Waals surface area contributed by atoms with Gasteiger partial charge in [-0.3, -0.25) is 62.7 Å². The third kappa shape index (κ3) is 30.3. The number of nitrogens with one attached hydrogen (secondary N) is 9. The molecule has 0 aromatic heterocycles. The van der Waals surface area contributed by atoms with Gasteiger partial charge in [0.15, 0.2) is 18.0 Å². The van der Waals surface area contributed by atoms with Crippen molar-refractivity contribution in [2.24, 2.45) is 55.9 Å². The van der Waals surface area contributed by atoms with Crippen molar-refractivity contribution in [2.75, 3.05) is 39.4 Å². The Hall–Kier alpha value is -9.04. The minimum Gasteiger partial charge on any atom is -0.508 e. The first-order valence-corrected chi connectivity index (χ1v) is 27.9. The number of hydrogen-bond donors (Lipinski definition) is 23. The molecule has 1 rings (SSSR count). The number of hydrogen-bond acceptors (Lipinski definition) is 21. The molecule has 0 saturated heterocycles. The number of rotatable bonds is 44. The highest BCUT2D eigenvalue weighted by molar-refractivity contribution is 5.99. The predicted octanol–water partition coefficient (Wildman–Crippen LogP) is -10.2. The van der Waals surface area contributed by atoms with E-state index < -0.39 is 170 Å². The zero-order valence-corrected chi connectivity index (χ0v) is 48.7. The quantitative estimate of drug-likeness (QED) is 0.0164. The van der Waals surface area contributed by atoms with Crippen LogP contribution in [-0.4, -0.2) is 219 Å². The lowest BCUT2D eigenvalue weighted by molar-refractivity contribution is -0.146. The number of carbonyl (C=O) groups is 12. The molecule has 0 unspecified atom stereocenters. The molecule has 0 spiro atoms. The van der Waals surface area contributed by atoms with Crippen LogP contribution in [0.25, 0.3) is 0 Å². The molecule has 0 saturated carbocycles. The van der Waals surface area contributed by atoms with E-state index in [2.05, 4.69) is 47.2 Å². The van der Waals surface area contributed by atoms with Gasteiger partial charge >= 0.3 is 11.9 Å². The number of unbranched alkanes of at least 4 members (excludes halogenated alkanes) is 2. The van der Waals surface area contributed by atoms with Gasteiger partial charge in [-0.25, -0.2) is 4.79 Å². The lowest BCUT2D eigenvalue weighted by Gasteiger charge is -2.28. The Bertz CT molecular complexity index is 2550. The molecule has 0 aliphatic heterocycles. The number of phenolic OH excluding ortho intramolecular Hbond substituents is 1. The van der Waals surface area contributed by atoms with Crippen LogP contribution in [0.15, 0.2) is 34.3 Å². The zero-order chi connectivity index (χ0) is 66.6. The van der Waals surface area contributed by atoms with Crippen molar-refractivity contribution >= 4 is 82.9 Å². The summed E-state index contributed by atoms with van der Waals surface area (Å²) in [6.07, 6.45) is -3.10. The average molecular weight is 1250 g/mol. The number of nitrogens with zero attached hydrogens (tertiary/aromatic N) is 2. The van der Waals surface area contributed by atoms with Gasteiger partial charge in [0.2, 0.25) is 59.1 Å². The van der Waals surface area contributed by atoms with Crippen molar-refractivity contribution in [1.82, 2.24) is 47.9 Å². The van der Waals surface area contributed by atoms with E-state index >= 15 is 0 Å². The summed E-state index contributed by atoms with van der Waals surface area (Å²) in [5.41, 5.74) is 44.8. The van der Waals surface area contributed by atoms with Gasteiger partial charge in [-0.2, -0.15) is 0 Å². The van der Waals surface area contributed by atoms with E-state index in [9.17, 15) is 88.2 Å². The second-order valence-electron chi connectivity index (χ2n) is 20.1. The van der Waals surface area contributed by atoms with Gasteiger partial charge < -0.3 is 124 Å². The molecule has 10 amide bonds. The van der Waals surface area contributed by atoms with Crippen LogP contribution in [-0.2, 0) is 64.0 Å². The Kier molecular flexibility index (Phi) is 36.0. The fraction of sp³-hybridized carbons (Fsp3) is 0.608. The van der Waals surface area contributed by atoms with E-state index in [-0.39, 0.29) is 82.2 Å². The lowest BCUT2D eigenvalue weighted by atomic mass is 10.0. The molecule has 1 aromatic rings. The molecule has 88 heavy (non-hydrogen) atoms. The number of primary amides is 1. The third-order valence-corrected chi connectivity index (χ3v) is 12.8. The molecule has 0 aliphatic carbocycles. The Morgan fingerprint density at radius 2 is 0.818 bits per heavy atom. The summed E-state index contributed by atoms with van der Waals surface area (Å²) in [6, 6.07) is -11.9. The average Bonchev–Trinajstić information content (AvgIpc) is 3.44. The Labute approximate surface area is 505 Å². The van der Waals surface area contributed by atoms with Crippen LogP contribution < -0.4 is 93.7 Å². The Morgan fingerprint density at radius 1 is 0.466 bits per heavy atom. The summed E-state index contributed by atoms with van der Waals surface area (Å²) in [6.45, 7) is -1.05. The van der Waals surface area contributed by atoms with Crippen LogP contribution >= 0.6 is 0 Å². The van der Waals surface area contributed by atoms with E-state index in [1.165, 1.54) is 24.3 Å². The molecular formula is C51H87N19O18. The summed E-state index contributed by atoms with van der Waals surface area (Å²) in [7, 11) is 0. The van der Waals surface area contributed by atoms with Crippen molar-refractivity contribution in [3.05, 3.63) is 29.8 Å². The molecule has 494 valence electrons. The molecule has 1 aromatic carbocycles. The number of carboxylic acid groups (broad SMARTS) is 2. The van der Waals surface area contributed by atoms with E-state index in [1.54, 1.807) is 0 Å². The van der Waals surface area contributed by atoms with Crippen molar-refractivity contribution in [2.45, 2.75) is 157 Å². The van der Waals surface area contributed by atoms with Gasteiger partial charge in [-0.15, -0.1) is 0 Å². The van der Waals surface area contributed by atoms with E-state index in [4.69, 9.17) is 45.9 Å². The number of aliphatic carboxylic acids is 2. The molecule has 37 heteroatoms. The zero-order valence-electron chi connectivity index (χ0n) is 48.7. The van der Waals surface area contributed by atoms with Gasteiger partial charge in [0.1, 0.15) is 54.1 Å². The van der Waals surface area contributed by atoms with Crippen LogP contribution in [0.1, 0.15) is 89.5 Å². The third-order valence-electron chi connectivity index (χ3n) is 12.8. The van der Waals surface area contributed by atoms with Crippen molar-refractivity contribution in [3.8, 4) is 5.75 Å². The highest BCUT2D eigenvalue weighted by Gasteiger charge is 2.37. The molecular weight excluding hydrogens is 1170 g/mol. The van der Waals surface area contributed by atoms with Crippen molar-refractivity contribution in [1.29, 1.82) is 0 Å². The van der Waals surface area contributed by atoms with Gasteiger partial charge in [0.05, 0.1) is 38.2 Å². The second-order valence-corrected chi connectivity index (χ2v) is 20.1. The summed E-state index contributed by atoms with van der Waals surface area (Å²) in [4.78, 5) is 167. The lowest BCUT2D eigenvalue weighted by Crippen LogP contribution is -2.61. The van der Waals surface area contributed by atoms with Crippen molar-refractivity contribution in [3.63, 3.8) is 0 Å². The number of aliphatic hydroxyl groups is 3. The van der Waals surface area contributed by atoms with Crippen LogP contribution in [0.2, 0.25) is 0 Å². The highest BCUT2D eigenvalue weighted by Crippen LogP contribution is 2.14. The molecule has 31 N–H and O–H groups in total. The largest absolute Gasteiger partial charge is 0.508 e. The van der Waals surface area contributed by atoms with E-state index in [1.807, 2.05) is 10.6 Å². The number of aromatic hydroxyl groups is 1. The standard InChI is InChI=1S/C51H87N19O18/c1-25(73)39(49(87)88)70-46(84)34(22-38(76)77)67-48(86)36(24-72)68-44(82)32(20-26-12-14-27(74)15-13-26)66-43(81)29(9-3-5-17-53)62-41(79)30(10-6-18-60-50(56)57)63-42(80)31(11-7-19-61-51(58)59)64-47(85)35(23-71)69-45(83)33(21-37(55)75)65-40(78)28(54)8-2-4-16-52/h12-15,25,28-36,39,71-74H,2-11,16-24,52-54H2,1H3,(H2,55,75)(H,62,79)(H,63,80)(H,64,85)(H,65,78)(H,66,81)(H,67,86)(H,68,82)(H,69,83)(H,70,84)(H,76,77)(H,87,88)(H4,56,57,60)(H4,58,59,61)/t25-,28+,29+,30+,31+,32+,33+,34+,35+,36+,39+/m1/s1. The molecule has 37 nitrogen and oxygen atoms in total. The number of nitrogens with two attached hydrogens (primary N) is 8. The number of carbonyl (C=O) groups excluding carboxylic acids is 10. The maximum atomic E-state index is 14.5. The number of amides is 10. The smallest absolute Gasteiger partial charge is 0.328 e. The maximum absolute atomic E-state index is 14.5. The summed E-state index contributed by atoms with van der Waals surface area (Å²) < 4.78 is 0. The molecule has 0 fully saturated rings. The summed E-state index contributed by atoms with van der Waals surface area (Å²) >= 11 is 0. The number of benzene rings is 1. The van der Waals surface area contributed by atoms with Crippen LogP contribution in [0, 0.1) is 0 Å². The first-order chi connectivity index (χ1) is 41.5. The van der Waals surface area contributed by atoms with Gasteiger partial charge in [-0.1, -0.05) is 18.6 Å².